The number of amides is 1. The average molecular weight is 214 g/mol. The number of carbonyl (C=O) groups excluding carboxylic acids is 1. The second-order valence-electron chi connectivity index (χ2n) is 2.98. The van der Waals surface area contributed by atoms with Crippen LogP contribution in [-0.4, -0.2) is 28.6 Å². The highest BCUT2D eigenvalue weighted by atomic mass is 32.1. The zero-order valence-electron chi connectivity index (χ0n) is 8.06. The van der Waals surface area contributed by atoms with Crippen LogP contribution >= 0.6 is 11.3 Å². The fourth-order valence-electron chi connectivity index (χ4n) is 0.972. The van der Waals surface area contributed by atoms with E-state index in [0.717, 1.165) is 0 Å². The summed E-state index contributed by atoms with van der Waals surface area (Å²) < 4.78 is 0. The van der Waals surface area contributed by atoms with Crippen molar-refractivity contribution >= 4 is 17.2 Å². The van der Waals surface area contributed by atoms with E-state index < -0.39 is 0 Å². The van der Waals surface area contributed by atoms with Crippen molar-refractivity contribution < 1.29 is 9.90 Å². The normalized spacial score (nSPS) is 12.4. The number of carbonyl (C=O) groups is 1. The van der Waals surface area contributed by atoms with Crippen molar-refractivity contribution in [2.75, 3.05) is 6.54 Å². The first-order chi connectivity index (χ1) is 6.74. The van der Waals surface area contributed by atoms with Crippen LogP contribution in [-0.2, 0) is 0 Å². The third-order valence-electron chi connectivity index (χ3n) is 1.90. The summed E-state index contributed by atoms with van der Waals surface area (Å²) in [4.78, 5) is 15.2. The van der Waals surface area contributed by atoms with E-state index in [2.05, 4.69) is 10.3 Å². The molecule has 0 saturated heterocycles. The largest absolute Gasteiger partial charge is 0.393 e. The van der Waals surface area contributed by atoms with Crippen molar-refractivity contribution in [3.8, 4) is 0 Å². The van der Waals surface area contributed by atoms with Gasteiger partial charge in [0, 0.05) is 11.9 Å². The summed E-state index contributed by atoms with van der Waals surface area (Å²) in [5.74, 6) is -0.172. The molecule has 1 amide bonds. The topological polar surface area (TPSA) is 62.2 Å². The van der Waals surface area contributed by atoms with Gasteiger partial charge >= 0.3 is 0 Å². The van der Waals surface area contributed by atoms with E-state index in [-0.39, 0.29) is 12.0 Å². The van der Waals surface area contributed by atoms with Gasteiger partial charge in [-0.15, -0.1) is 11.3 Å². The van der Waals surface area contributed by atoms with Crippen molar-refractivity contribution in [3.63, 3.8) is 0 Å². The molecule has 1 unspecified atom stereocenters. The molecule has 5 heteroatoms. The summed E-state index contributed by atoms with van der Waals surface area (Å²) in [5.41, 5.74) is 2.07. The van der Waals surface area contributed by atoms with Crippen molar-refractivity contribution in [1.82, 2.24) is 10.3 Å². The molecule has 0 aliphatic rings. The van der Waals surface area contributed by atoms with Gasteiger partial charge < -0.3 is 10.4 Å². The van der Waals surface area contributed by atoms with Crippen LogP contribution in [0.5, 0.6) is 0 Å². The molecule has 4 nitrogen and oxygen atoms in total. The zero-order valence-corrected chi connectivity index (χ0v) is 8.88. The van der Waals surface area contributed by atoms with Gasteiger partial charge in [0.1, 0.15) is 5.69 Å². The Labute approximate surface area is 87.0 Å². The molecule has 1 atom stereocenters. The van der Waals surface area contributed by atoms with Gasteiger partial charge in [0.15, 0.2) is 0 Å². The fourth-order valence-corrected chi connectivity index (χ4v) is 1.50. The monoisotopic (exact) mass is 214 g/mol. The molecule has 0 saturated carbocycles. The summed E-state index contributed by atoms with van der Waals surface area (Å²) in [6, 6.07) is 0. The first-order valence-corrected chi connectivity index (χ1v) is 5.52. The minimum atomic E-state index is -0.328. The number of rotatable bonds is 5. The van der Waals surface area contributed by atoms with Crippen LogP contribution in [0.2, 0.25) is 0 Å². The Morgan fingerprint density at radius 3 is 3.14 bits per heavy atom. The van der Waals surface area contributed by atoms with Gasteiger partial charge in [-0.25, -0.2) is 4.98 Å². The molecule has 1 aromatic rings. The van der Waals surface area contributed by atoms with Gasteiger partial charge in [0.2, 0.25) is 0 Å². The summed E-state index contributed by atoms with van der Waals surface area (Å²) in [6.07, 6.45) is 0.976. The molecule has 1 heterocycles. The predicted octanol–water partition coefficient (Wildman–Crippen LogP) is 1.03. The lowest BCUT2D eigenvalue weighted by Gasteiger charge is -2.07. The van der Waals surface area contributed by atoms with Gasteiger partial charge in [0.05, 0.1) is 11.6 Å². The summed E-state index contributed by atoms with van der Waals surface area (Å²) in [6.45, 7) is 2.40. The number of aromatic nitrogens is 1. The van der Waals surface area contributed by atoms with E-state index in [9.17, 15) is 9.90 Å². The minimum Gasteiger partial charge on any atom is -0.393 e. The Kier molecular flexibility index (Phi) is 4.55. The quantitative estimate of drug-likeness (QED) is 0.769. The van der Waals surface area contributed by atoms with Gasteiger partial charge in [-0.3, -0.25) is 4.79 Å². The number of hydrogen-bond donors (Lipinski definition) is 2. The fraction of sp³-hybridized carbons (Fsp3) is 0.556. The molecule has 0 radical (unpaired) electrons. The van der Waals surface area contributed by atoms with E-state index >= 15 is 0 Å². The molecular weight excluding hydrogens is 200 g/mol. The van der Waals surface area contributed by atoms with Crippen LogP contribution in [0.4, 0.5) is 0 Å². The summed E-state index contributed by atoms with van der Waals surface area (Å²) in [7, 11) is 0. The molecule has 1 rings (SSSR count). The van der Waals surface area contributed by atoms with Crippen LogP contribution in [0.25, 0.3) is 0 Å². The number of hydrogen-bond acceptors (Lipinski definition) is 4. The zero-order chi connectivity index (χ0) is 10.4. The first-order valence-electron chi connectivity index (χ1n) is 4.58. The second kappa shape index (κ2) is 5.72. The highest BCUT2D eigenvalue weighted by molar-refractivity contribution is 7.07. The highest BCUT2D eigenvalue weighted by Crippen LogP contribution is 2.00. The molecule has 78 valence electrons. The lowest BCUT2D eigenvalue weighted by Crippen LogP contribution is -2.27. The molecule has 0 aromatic carbocycles. The van der Waals surface area contributed by atoms with Crippen molar-refractivity contribution in [3.05, 3.63) is 16.6 Å². The lowest BCUT2D eigenvalue weighted by molar-refractivity contribution is 0.0937. The molecule has 2 N–H and O–H groups in total. The van der Waals surface area contributed by atoms with Crippen molar-refractivity contribution in [2.45, 2.75) is 25.9 Å². The van der Waals surface area contributed by atoms with Gasteiger partial charge in [-0.05, 0) is 12.8 Å². The standard InChI is InChI=1S/C9H14N2O2S/c1-2-7(12)3-4-10-9(13)8-5-14-6-11-8/h5-7,12H,2-4H2,1H3,(H,10,13). The van der Waals surface area contributed by atoms with Gasteiger partial charge in [-0.2, -0.15) is 0 Å². The number of aliphatic hydroxyl groups excluding tert-OH is 1. The molecule has 0 bridgehead atoms. The van der Waals surface area contributed by atoms with Crippen LogP contribution in [0.1, 0.15) is 30.3 Å². The summed E-state index contributed by atoms with van der Waals surface area (Å²) >= 11 is 1.39. The van der Waals surface area contributed by atoms with Crippen LogP contribution < -0.4 is 5.32 Å². The lowest BCUT2D eigenvalue weighted by atomic mass is 10.2. The molecule has 0 aliphatic carbocycles. The maximum atomic E-state index is 11.3. The molecule has 14 heavy (non-hydrogen) atoms. The van der Waals surface area contributed by atoms with Crippen LogP contribution in [0.15, 0.2) is 10.9 Å². The number of nitrogens with one attached hydrogen (secondary N) is 1. The van der Waals surface area contributed by atoms with E-state index in [1.54, 1.807) is 10.9 Å². The van der Waals surface area contributed by atoms with E-state index in [1.165, 1.54) is 11.3 Å². The molecule has 0 aliphatic heterocycles. The Hall–Kier alpha value is -0.940. The number of nitrogens with zero attached hydrogens (tertiary/aromatic N) is 1. The minimum absolute atomic E-state index is 0.172. The highest BCUT2D eigenvalue weighted by Gasteiger charge is 2.07. The third-order valence-corrected chi connectivity index (χ3v) is 2.49. The Balaban J connectivity index is 2.23. The molecular formula is C9H14N2O2S. The van der Waals surface area contributed by atoms with Crippen LogP contribution in [0, 0.1) is 0 Å². The molecule has 0 spiro atoms. The Bertz CT molecular complexity index is 274. The SMILES string of the molecule is CCC(O)CCNC(=O)c1cscn1. The van der Waals surface area contributed by atoms with Gasteiger partial charge in [-0.1, -0.05) is 6.92 Å². The maximum absolute atomic E-state index is 11.3. The average Bonchev–Trinajstić information content (AvgIpc) is 2.70. The predicted molar refractivity (Wildman–Crippen MR) is 55.4 cm³/mol. The number of aliphatic hydroxyl groups is 1. The third kappa shape index (κ3) is 3.43. The first kappa shape index (κ1) is 11.1. The molecule has 1 aromatic heterocycles. The Morgan fingerprint density at radius 1 is 1.79 bits per heavy atom. The molecule has 0 fully saturated rings. The second-order valence-corrected chi connectivity index (χ2v) is 3.70. The van der Waals surface area contributed by atoms with E-state index in [0.29, 0.717) is 25.1 Å². The van der Waals surface area contributed by atoms with E-state index in [4.69, 9.17) is 0 Å². The number of thiazole rings is 1. The van der Waals surface area contributed by atoms with Crippen molar-refractivity contribution in [2.24, 2.45) is 0 Å². The summed E-state index contributed by atoms with van der Waals surface area (Å²) in [5, 5.41) is 13.6. The van der Waals surface area contributed by atoms with Crippen molar-refractivity contribution in [1.29, 1.82) is 0 Å². The maximum Gasteiger partial charge on any atom is 0.270 e. The smallest absolute Gasteiger partial charge is 0.270 e. The van der Waals surface area contributed by atoms with Gasteiger partial charge in [0.25, 0.3) is 5.91 Å². The Morgan fingerprint density at radius 2 is 2.57 bits per heavy atom. The van der Waals surface area contributed by atoms with E-state index in [1.807, 2.05) is 6.92 Å². The van der Waals surface area contributed by atoms with Crippen LogP contribution in [0.3, 0.4) is 0 Å².